The van der Waals surface area contributed by atoms with E-state index in [9.17, 15) is 39.9 Å². The minimum atomic E-state index is -2.24. The molecule has 41 heavy (non-hydrogen) atoms. The van der Waals surface area contributed by atoms with E-state index < -0.39 is 95.7 Å². The van der Waals surface area contributed by atoms with E-state index >= 15 is 0 Å². The third kappa shape index (κ3) is 5.31. The molecule has 5 rings (SSSR count). The summed E-state index contributed by atoms with van der Waals surface area (Å²) in [6.45, 7) is 0.560. The molecule has 2 aromatic carbocycles. The number of carbonyl (C=O) groups excluding carboxylic acids is 3. The number of methoxy groups -OCH3 is 1. The number of ketones is 3. The number of benzene rings is 2. The van der Waals surface area contributed by atoms with Crippen LogP contribution < -0.4 is 52.4 Å². The standard InChI is InChI=1S/C27H29NO11.ClH.Na/c1-10-22(31)13(28)6-17(38-10)39-15-8-27(36,16(30)9-29)7-12-19(15)26(35)21-20(24(12)33)23(32)11-4-3-5-14(37-2)18(11)25(21)34;;/h3-5,10,13,15,17,22,29,31,33,35-36H,6-9,28H2,1-2H3;1H;/q;;+1/p-1/t10-,13-,15-,17-,22+,27-;;/m0../s1. The summed E-state index contributed by atoms with van der Waals surface area (Å²) in [4.78, 5) is 39.7. The van der Waals surface area contributed by atoms with Crippen molar-refractivity contribution in [1.82, 2.24) is 0 Å². The summed E-state index contributed by atoms with van der Waals surface area (Å²) in [5.74, 6) is -3.77. The number of aliphatic hydroxyl groups excluding tert-OH is 2. The second-order valence-electron chi connectivity index (χ2n) is 10.2. The topological polar surface area (TPSA) is 206 Å². The molecule has 1 fully saturated rings. The molecule has 216 valence electrons. The molecular weight excluding hydrogens is 573 g/mol. The van der Waals surface area contributed by atoms with Gasteiger partial charge in [-0.2, -0.15) is 0 Å². The van der Waals surface area contributed by atoms with Crippen molar-refractivity contribution in [2.45, 2.75) is 62.4 Å². The zero-order valence-electron chi connectivity index (χ0n) is 22.6. The molecule has 0 amide bonds. The van der Waals surface area contributed by atoms with Crippen LogP contribution in [-0.4, -0.2) is 86.7 Å². The summed E-state index contributed by atoms with van der Waals surface area (Å²) in [7, 11) is 1.32. The maximum atomic E-state index is 13.6. The first-order chi connectivity index (χ1) is 18.4. The first-order valence-electron chi connectivity index (χ1n) is 12.4. The number of carbonyl (C=O) groups is 3. The Balaban J connectivity index is 0.00000231. The van der Waals surface area contributed by atoms with Crippen LogP contribution in [0.1, 0.15) is 68.8 Å². The summed E-state index contributed by atoms with van der Waals surface area (Å²) in [5, 5.41) is 53.7. The Hall–Kier alpha value is -2.10. The van der Waals surface area contributed by atoms with Crippen LogP contribution >= 0.6 is 0 Å². The first-order valence-corrected chi connectivity index (χ1v) is 12.4. The normalized spacial score (nSPS) is 28.4. The number of rotatable bonds is 5. The van der Waals surface area contributed by atoms with Crippen LogP contribution in [0.5, 0.6) is 17.2 Å². The minimum absolute atomic E-state index is 0. The average Bonchev–Trinajstić information content (AvgIpc) is 2.90. The van der Waals surface area contributed by atoms with Crippen LogP contribution in [0.15, 0.2) is 18.2 Å². The summed E-state index contributed by atoms with van der Waals surface area (Å²) < 4.78 is 17.0. The van der Waals surface area contributed by atoms with Gasteiger partial charge < -0.3 is 57.9 Å². The molecule has 12 nitrogen and oxygen atoms in total. The van der Waals surface area contributed by atoms with Gasteiger partial charge in [-0.05, 0) is 13.0 Å². The van der Waals surface area contributed by atoms with Crippen LogP contribution in [0.4, 0.5) is 0 Å². The van der Waals surface area contributed by atoms with Crippen molar-refractivity contribution in [2.24, 2.45) is 5.73 Å². The molecule has 3 aliphatic rings. The third-order valence-electron chi connectivity index (χ3n) is 7.81. The van der Waals surface area contributed by atoms with E-state index in [0.29, 0.717) is 0 Å². The maximum Gasteiger partial charge on any atom is 1.00 e. The number of phenolic OH excluding ortho intramolecular Hbond substituents is 2. The largest absolute Gasteiger partial charge is 1.00 e. The molecule has 2 aliphatic carbocycles. The fraction of sp³-hybridized carbons (Fsp3) is 0.444. The smallest absolute Gasteiger partial charge is 1.00 e. The number of fused-ring (bicyclic) bond motifs is 3. The van der Waals surface area contributed by atoms with E-state index in [1.807, 2.05) is 0 Å². The summed E-state index contributed by atoms with van der Waals surface area (Å²) in [6.07, 6.45) is -5.12. The Bertz CT molecular complexity index is 1390. The first kappa shape index (κ1) is 33.4. The van der Waals surface area contributed by atoms with Gasteiger partial charge in [0.15, 0.2) is 17.9 Å². The van der Waals surface area contributed by atoms with E-state index in [1.165, 1.54) is 25.3 Å². The van der Waals surface area contributed by atoms with Gasteiger partial charge in [-0.1, -0.05) is 12.1 Å². The molecular formula is C27H29ClNNaO11. The third-order valence-corrected chi connectivity index (χ3v) is 7.81. The number of halogens is 1. The van der Waals surface area contributed by atoms with Crippen LogP contribution in [-0.2, 0) is 20.7 Å². The van der Waals surface area contributed by atoms with Crippen LogP contribution in [0.25, 0.3) is 0 Å². The number of nitrogens with two attached hydrogens (primary N) is 1. The van der Waals surface area contributed by atoms with E-state index in [2.05, 4.69) is 0 Å². The molecule has 1 aliphatic heterocycles. The zero-order chi connectivity index (χ0) is 28.4. The van der Waals surface area contributed by atoms with Gasteiger partial charge in [-0.15, -0.1) is 0 Å². The SMILES string of the molecule is COc1cccc2c1C(=O)c1c(O)c3c(c(O)c1C2=O)C[C@@](O)(C(=O)CO)C[C@@H]3O[C@H]1C[C@H](N)[C@H](O)[C@H](C)O1.[Cl-].[Na+]. The maximum absolute atomic E-state index is 13.6. The Kier molecular flexibility index (Phi) is 9.98. The van der Waals surface area contributed by atoms with E-state index in [1.54, 1.807) is 6.92 Å². The number of hydrogen-bond donors (Lipinski definition) is 6. The van der Waals surface area contributed by atoms with Gasteiger partial charge >= 0.3 is 29.6 Å². The number of aliphatic hydroxyl groups is 3. The van der Waals surface area contributed by atoms with Crippen molar-refractivity contribution in [2.75, 3.05) is 13.7 Å². The Morgan fingerprint density at radius 3 is 2.41 bits per heavy atom. The van der Waals surface area contributed by atoms with E-state index in [0.717, 1.165) is 0 Å². The van der Waals surface area contributed by atoms with Crippen molar-refractivity contribution in [3.63, 3.8) is 0 Å². The van der Waals surface area contributed by atoms with Gasteiger partial charge in [0.25, 0.3) is 0 Å². The van der Waals surface area contributed by atoms with Gasteiger partial charge in [-0.3, -0.25) is 14.4 Å². The summed E-state index contributed by atoms with van der Waals surface area (Å²) in [5.41, 5.74) is 2.37. The van der Waals surface area contributed by atoms with Crippen LogP contribution in [0, 0.1) is 0 Å². The zero-order valence-corrected chi connectivity index (χ0v) is 25.3. The predicted octanol–water partition coefficient (Wildman–Crippen LogP) is -5.99. The number of ether oxygens (including phenoxy) is 3. The molecule has 0 bridgehead atoms. The fourth-order valence-electron chi connectivity index (χ4n) is 5.75. The average molecular weight is 602 g/mol. The van der Waals surface area contributed by atoms with Crippen LogP contribution in [0.2, 0.25) is 0 Å². The Morgan fingerprint density at radius 2 is 1.80 bits per heavy atom. The predicted molar refractivity (Wildman–Crippen MR) is 132 cm³/mol. The molecule has 0 saturated carbocycles. The molecule has 0 aromatic heterocycles. The molecule has 1 heterocycles. The van der Waals surface area contributed by atoms with Gasteiger partial charge in [0.05, 0.1) is 42.1 Å². The van der Waals surface area contributed by atoms with Gasteiger partial charge in [0, 0.05) is 42.0 Å². The Labute approximate surface area is 263 Å². The van der Waals surface area contributed by atoms with Crippen molar-refractivity contribution in [3.8, 4) is 17.2 Å². The molecule has 14 heteroatoms. The number of Topliss-reactive ketones (excluding diaryl/α,β-unsaturated/α-hetero) is 1. The molecule has 0 radical (unpaired) electrons. The minimum Gasteiger partial charge on any atom is -1.00 e. The molecule has 0 spiro atoms. The van der Waals surface area contributed by atoms with Crippen molar-refractivity contribution in [1.29, 1.82) is 0 Å². The van der Waals surface area contributed by atoms with Gasteiger partial charge in [-0.25, -0.2) is 0 Å². The Morgan fingerprint density at radius 1 is 1.15 bits per heavy atom. The molecule has 2 aromatic rings. The monoisotopic (exact) mass is 601 g/mol. The number of phenols is 2. The van der Waals surface area contributed by atoms with Crippen LogP contribution in [0.3, 0.4) is 0 Å². The van der Waals surface area contributed by atoms with Gasteiger partial charge in [0.1, 0.15) is 29.5 Å². The molecule has 1 saturated heterocycles. The van der Waals surface area contributed by atoms with E-state index in [-0.39, 0.29) is 76.4 Å². The quantitative estimate of drug-likeness (QED) is 0.119. The van der Waals surface area contributed by atoms with Crippen molar-refractivity contribution >= 4 is 17.3 Å². The van der Waals surface area contributed by atoms with E-state index in [4.69, 9.17) is 19.9 Å². The number of aromatic hydroxyl groups is 2. The van der Waals surface area contributed by atoms with Crippen molar-refractivity contribution in [3.05, 3.63) is 51.6 Å². The second-order valence-corrected chi connectivity index (χ2v) is 10.2. The van der Waals surface area contributed by atoms with Crippen molar-refractivity contribution < 1.29 is 96.1 Å². The van der Waals surface area contributed by atoms with Gasteiger partial charge in [0.2, 0.25) is 5.78 Å². The molecule has 6 atom stereocenters. The molecule has 7 N–H and O–H groups in total. The fourth-order valence-corrected chi connectivity index (χ4v) is 5.75. The summed E-state index contributed by atoms with van der Waals surface area (Å²) in [6, 6.07) is 3.64. The second kappa shape index (κ2) is 12.3. The number of hydrogen-bond acceptors (Lipinski definition) is 12. The summed E-state index contributed by atoms with van der Waals surface area (Å²) >= 11 is 0. The molecule has 0 unspecified atom stereocenters.